The summed E-state index contributed by atoms with van der Waals surface area (Å²) in [6.07, 6.45) is 0. The monoisotopic (exact) mass is 363 g/mol. The van der Waals surface area contributed by atoms with E-state index in [4.69, 9.17) is 10.5 Å². The second kappa shape index (κ2) is 5.54. The zero-order chi connectivity index (χ0) is 15.0. The highest BCUT2D eigenvalue weighted by molar-refractivity contribution is 9.10. The van der Waals surface area contributed by atoms with Gasteiger partial charge in [-0.1, -0.05) is 12.1 Å². The molecule has 0 radical (unpaired) electrons. The van der Waals surface area contributed by atoms with Crippen molar-refractivity contribution in [2.24, 2.45) is 0 Å². The average molecular weight is 364 g/mol. The van der Waals surface area contributed by atoms with Gasteiger partial charge in [0.2, 0.25) is 0 Å². The number of aryl methyl sites for hydroxylation is 1. The molecule has 0 bridgehead atoms. The van der Waals surface area contributed by atoms with Gasteiger partial charge in [0.05, 0.1) is 23.2 Å². The molecule has 2 heterocycles. The lowest BCUT2D eigenvalue weighted by Gasteiger charge is -2.08. The van der Waals surface area contributed by atoms with E-state index in [1.165, 1.54) is 0 Å². The Hall–Kier alpha value is -1.79. The van der Waals surface area contributed by atoms with E-state index in [0.717, 1.165) is 37.5 Å². The van der Waals surface area contributed by atoms with Gasteiger partial charge in [0.15, 0.2) is 5.82 Å². The fourth-order valence-electron chi connectivity index (χ4n) is 2.26. The minimum absolute atomic E-state index is 0.483. The van der Waals surface area contributed by atoms with Gasteiger partial charge in [0.25, 0.3) is 0 Å². The van der Waals surface area contributed by atoms with Crippen molar-refractivity contribution in [2.75, 3.05) is 12.8 Å². The average Bonchev–Trinajstić information content (AvgIpc) is 3.05. The van der Waals surface area contributed by atoms with E-state index < -0.39 is 0 Å². The van der Waals surface area contributed by atoms with Gasteiger partial charge in [0.1, 0.15) is 5.75 Å². The van der Waals surface area contributed by atoms with E-state index >= 15 is 0 Å². The van der Waals surface area contributed by atoms with Gasteiger partial charge < -0.3 is 10.5 Å². The third-order valence-corrected chi connectivity index (χ3v) is 5.19. The van der Waals surface area contributed by atoms with E-state index in [1.807, 2.05) is 36.6 Å². The lowest BCUT2D eigenvalue weighted by atomic mass is 10.0. The summed E-state index contributed by atoms with van der Waals surface area (Å²) in [6.45, 7) is 2.01. The first-order valence-electron chi connectivity index (χ1n) is 6.34. The summed E-state index contributed by atoms with van der Waals surface area (Å²) in [5, 5.41) is 9.22. The Bertz CT molecular complexity index is 794. The van der Waals surface area contributed by atoms with Gasteiger partial charge in [-0.05, 0) is 51.5 Å². The van der Waals surface area contributed by atoms with Crippen molar-refractivity contribution in [3.63, 3.8) is 0 Å². The summed E-state index contributed by atoms with van der Waals surface area (Å²) in [7, 11) is 1.67. The van der Waals surface area contributed by atoms with Crippen molar-refractivity contribution in [3.05, 3.63) is 39.7 Å². The second-order valence-electron chi connectivity index (χ2n) is 4.64. The third-order valence-electron chi connectivity index (χ3n) is 3.34. The van der Waals surface area contributed by atoms with Crippen LogP contribution in [0.25, 0.3) is 21.7 Å². The summed E-state index contributed by atoms with van der Waals surface area (Å²) >= 11 is 5.19. The number of rotatable bonds is 3. The molecule has 0 fully saturated rings. The number of nitrogen functional groups attached to an aromatic ring is 1. The first kappa shape index (κ1) is 14.2. The van der Waals surface area contributed by atoms with Crippen molar-refractivity contribution in [1.29, 1.82) is 0 Å². The minimum atomic E-state index is 0.483. The maximum Gasteiger partial charge on any atom is 0.153 e. The van der Waals surface area contributed by atoms with Crippen LogP contribution in [0.4, 0.5) is 5.82 Å². The molecule has 0 aliphatic rings. The molecule has 21 heavy (non-hydrogen) atoms. The number of nitrogens with zero attached hydrogens (tertiary/aromatic N) is 1. The SMILES string of the molecule is COc1cc(-c2c(N)n[nH]c2-c2sccc2Br)ccc1C. The molecule has 108 valence electrons. The minimum Gasteiger partial charge on any atom is -0.496 e. The molecular formula is C15H14BrN3OS. The molecule has 0 unspecified atom stereocenters. The fourth-order valence-corrected chi connectivity index (χ4v) is 3.83. The molecule has 3 rings (SSSR count). The highest BCUT2D eigenvalue weighted by Gasteiger charge is 2.18. The van der Waals surface area contributed by atoms with Crippen LogP contribution in [0, 0.1) is 6.92 Å². The molecule has 4 nitrogen and oxygen atoms in total. The quantitative estimate of drug-likeness (QED) is 0.721. The Labute approximate surface area is 135 Å². The first-order chi connectivity index (χ1) is 10.1. The lowest BCUT2D eigenvalue weighted by molar-refractivity contribution is 0.412. The number of benzene rings is 1. The largest absolute Gasteiger partial charge is 0.496 e. The molecule has 0 amide bonds. The van der Waals surface area contributed by atoms with Gasteiger partial charge in [-0.2, -0.15) is 5.10 Å². The topological polar surface area (TPSA) is 63.9 Å². The molecule has 0 saturated carbocycles. The molecule has 2 aromatic heterocycles. The van der Waals surface area contributed by atoms with Gasteiger partial charge >= 0.3 is 0 Å². The highest BCUT2D eigenvalue weighted by atomic mass is 79.9. The number of aromatic amines is 1. The summed E-state index contributed by atoms with van der Waals surface area (Å²) in [5.41, 5.74) is 9.95. The third kappa shape index (κ3) is 2.45. The standard InChI is InChI=1S/C15H14BrN3OS/c1-8-3-4-9(7-11(8)20-2)12-13(18-19-15(12)17)14-10(16)5-6-21-14/h3-7H,1-2H3,(H3,17,18,19). The number of thiophene rings is 1. The Balaban J connectivity index is 2.19. The van der Waals surface area contributed by atoms with E-state index in [1.54, 1.807) is 18.4 Å². The van der Waals surface area contributed by atoms with Crippen molar-refractivity contribution < 1.29 is 4.74 Å². The number of anilines is 1. The van der Waals surface area contributed by atoms with Gasteiger partial charge in [-0.3, -0.25) is 5.10 Å². The second-order valence-corrected chi connectivity index (χ2v) is 6.41. The van der Waals surface area contributed by atoms with Crippen LogP contribution < -0.4 is 10.5 Å². The fraction of sp³-hybridized carbons (Fsp3) is 0.133. The maximum absolute atomic E-state index is 6.07. The molecular weight excluding hydrogens is 350 g/mol. The maximum atomic E-state index is 6.07. The number of nitrogens with two attached hydrogens (primary N) is 1. The molecule has 3 aromatic rings. The molecule has 1 aromatic carbocycles. The number of methoxy groups -OCH3 is 1. The van der Waals surface area contributed by atoms with Crippen molar-refractivity contribution in [1.82, 2.24) is 10.2 Å². The summed E-state index contributed by atoms with van der Waals surface area (Å²) in [6, 6.07) is 8.05. The van der Waals surface area contributed by atoms with Crippen LogP contribution in [0.15, 0.2) is 34.1 Å². The van der Waals surface area contributed by atoms with E-state index in [9.17, 15) is 0 Å². The van der Waals surface area contributed by atoms with Crippen LogP contribution in [0.1, 0.15) is 5.56 Å². The Kier molecular flexibility index (Phi) is 3.73. The Morgan fingerprint density at radius 1 is 1.33 bits per heavy atom. The molecule has 0 spiro atoms. The van der Waals surface area contributed by atoms with Crippen molar-refractivity contribution in [3.8, 4) is 27.4 Å². The van der Waals surface area contributed by atoms with Crippen molar-refractivity contribution >= 4 is 33.1 Å². The van der Waals surface area contributed by atoms with Crippen LogP contribution in [0.3, 0.4) is 0 Å². The number of halogens is 1. The number of hydrogen-bond acceptors (Lipinski definition) is 4. The predicted molar refractivity (Wildman–Crippen MR) is 90.7 cm³/mol. The highest BCUT2D eigenvalue weighted by Crippen LogP contribution is 2.41. The van der Waals surface area contributed by atoms with Gasteiger partial charge in [-0.25, -0.2) is 0 Å². The van der Waals surface area contributed by atoms with Gasteiger partial charge in [0, 0.05) is 4.47 Å². The summed E-state index contributed by atoms with van der Waals surface area (Å²) < 4.78 is 6.42. The number of nitrogens with one attached hydrogen (secondary N) is 1. The van der Waals surface area contributed by atoms with Crippen LogP contribution in [0.5, 0.6) is 5.75 Å². The molecule has 0 saturated heterocycles. The predicted octanol–water partition coefficient (Wildman–Crippen LogP) is 4.47. The van der Waals surface area contributed by atoms with Crippen molar-refractivity contribution in [2.45, 2.75) is 6.92 Å². The Morgan fingerprint density at radius 3 is 2.81 bits per heavy atom. The molecule has 0 aliphatic carbocycles. The van der Waals surface area contributed by atoms with E-state index in [-0.39, 0.29) is 0 Å². The molecule has 0 atom stereocenters. The van der Waals surface area contributed by atoms with Gasteiger partial charge in [-0.15, -0.1) is 11.3 Å². The molecule has 0 aliphatic heterocycles. The zero-order valence-electron chi connectivity index (χ0n) is 11.6. The Morgan fingerprint density at radius 2 is 2.14 bits per heavy atom. The number of aromatic nitrogens is 2. The zero-order valence-corrected chi connectivity index (χ0v) is 14.0. The lowest BCUT2D eigenvalue weighted by Crippen LogP contribution is -1.91. The normalized spacial score (nSPS) is 10.8. The first-order valence-corrected chi connectivity index (χ1v) is 8.01. The van der Waals surface area contributed by atoms with Crippen LogP contribution in [-0.4, -0.2) is 17.3 Å². The number of H-pyrrole nitrogens is 1. The summed E-state index contributed by atoms with van der Waals surface area (Å²) in [4.78, 5) is 1.08. The van der Waals surface area contributed by atoms with E-state index in [2.05, 4.69) is 26.1 Å². The van der Waals surface area contributed by atoms with E-state index in [0.29, 0.717) is 5.82 Å². The number of hydrogen-bond donors (Lipinski definition) is 2. The number of ether oxygens (including phenoxy) is 1. The molecule has 3 N–H and O–H groups in total. The van der Waals surface area contributed by atoms with Crippen LogP contribution in [0.2, 0.25) is 0 Å². The summed E-state index contributed by atoms with van der Waals surface area (Å²) in [5.74, 6) is 1.32. The van der Waals surface area contributed by atoms with Crippen LogP contribution in [-0.2, 0) is 0 Å². The van der Waals surface area contributed by atoms with Crippen LogP contribution >= 0.6 is 27.3 Å². The molecule has 6 heteroatoms. The smallest absolute Gasteiger partial charge is 0.153 e.